The van der Waals surface area contributed by atoms with Crippen molar-refractivity contribution in [2.75, 3.05) is 13.1 Å². The first-order valence-corrected chi connectivity index (χ1v) is 7.27. The number of aryl methyl sites for hydroxylation is 1. The zero-order valence-corrected chi connectivity index (χ0v) is 12.3. The van der Waals surface area contributed by atoms with Crippen LogP contribution in [0.25, 0.3) is 0 Å². The van der Waals surface area contributed by atoms with Crippen LogP contribution in [0, 0.1) is 18.3 Å². The fourth-order valence-electron chi connectivity index (χ4n) is 2.71. The summed E-state index contributed by atoms with van der Waals surface area (Å²) in [5.74, 6) is 1.29. The van der Waals surface area contributed by atoms with Crippen LogP contribution in [-0.2, 0) is 0 Å². The van der Waals surface area contributed by atoms with Crippen LogP contribution in [0.15, 0.2) is 28.8 Å². The molecule has 6 heteroatoms. The van der Waals surface area contributed by atoms with Gasteiger partial charge in [0.1, 0.15) is 0 Å². The Kier molecular flexibility index (Phi) is 3.88. The molecule has 1 saturated heterocycles. The number of hydrogen-bond donors (Lipinski definition) is 0. The lowest BCUT2D eigenvalue weighted by Gasteiger charge is -2.31. The molecule has 3 rings (SSSR count). The number of benzene rings is 1. The molecule has 0 bridgehead atoms. The second-order valence-electron chi connectivity index (χ2n) is 5.46. The third-order valence-corrected chi connectivity index (χ3v) is 3.86. The second-order valence-corrected chi connectivity index (χ2v) is 5.46. The van der Waals surface area contributed by atoms with E-state index in [1.54, 1.807) is 31.2 Å². The molecule has 0 radical (unpaired) electrons. The fourth-order valence-corrected chi connectivity index (χ4v) is 2.71. The molecular formula is C16H16N4O2. The molecule has 1 amide bonds. The van der Waals surface area contributed by atoms with Crippen molar-refractivity contribution in [3.05, 3.63) is 47.1 Å². The molecule has 6 nitrogen and oxygen atoms in total. The van der Waals surface area contributed by atoms with Crippen LogP contribution in [0.4, 0.5) is 0 Å². The Labute approximate surface area is 128 Å². The third-order valence-electron chi connectivity index (χ3n) is 3.86. The molecule has 0 saturated carbocycles. The van der Waals surface area contributed by atoms with E-state index in [-0.39, 0.29) is 11.8 Å². The minimum Gasteiger partial charge on any atom is -0.339 e. The maximum absolute atomic E-state index is 12.6. The predicted octanol–water partition coefficient (Wildman–Crippen LogP) is 2.27. The SMILES string of the molecule is Cc1noc(C2CCCN(C(=O)c3ccc(C#N)cc3)C2)n1. The Balaban J connectivity index is 1.73. The van der Waals surface area contributed by atoms with Gasteiger partial charge in [0.25, 0.3) is 5.91 Å². The van der Waals surface area contributed by atoms with Crippen molar-refractivity contribution in [2.45, 2.75) is 25.7 Å². The van der Waals surface area contributed by atoms with E-state index in [1.165, 1.54) is 0 Å². The molecule has 1 aromatic carbocycles. The lowest BCUT2D eigenvalue weighted by Crippen LogP contribution is -2.39. The van der Waals surface area contributed by atoms with Gasteiger partial charge < -0.3 is 9.42 Å². The van der Waals surface area contributed by atoms with Crippen molar-refractivity contribution in [1.29, 1.82) is 5.26 Å². The second kappa shape index (κ2) is 5.98. The van der Waals surface area contributed by atoms with Gasteiger partial charge in [-0.3, -0.25) is 4.79 Å². The quantitative estimate of drug-likeness (QED) is 0.849. The number of carbonyl (C=O) groups is 1. The Hall–Kier alpha value is -2.68. The van der Waals surface area contributed by atoms with E-state index in [2.05, 4.69) is 16.2 Å². The van der Waals surface area contributed by atoms with Gasteiger partial charge in [0.15, 0.2) is 5.82 Å². The first-order valence-electron chi connectivity index (χ1n) is 7.27. The first-order chi connectivity index (χ1) is 10.7. The van der Waals surface area contributed by atoms with Crippen LogP contribution in [0.2, 0.25) is 0 Å². The van der Waals surface area contributed by atoms with Gasteiger partial charge >= 0.3 is 0 Å². The number of rotatable bonds is 2. The van der Waals surface area contributed by atoms with Gasteiger partial charge in [-0.05, 0) is 44.0 Å². The topological polar surface area (TPSA) is 83.0 Å². The minimum atomic E-state index is -0.0228. The van der Waals surface area contributed by atoms with Crippen LogP contribution in [0.5, 0.6) is 0 Å². The standard InChI is InChI=1S/C16H16N4O2/c1-11-18-15(22-19-11)14-3-2-8-20(10-14)16(21)13-6-4-12(9-17)5-7-13/h4-7,14H,2-3,8,10H2,1H3. The summed E-state index contributed by atoms with van der Waals surface area (Å²) in [6, 6.07) is 8.77. The van der Waals surface area contributed by atoms with E-state index in [0.717, 1.165) is 19.4 Å². The predicted molar refractivity (Wildman–Crippen MR) is 78.1 cm³/mol. The highest BCUT2D eigenvalue weighted by Crippen LogP contribution is 2.26. The molecule has 1 atom stereocenters. The summed E-state index contributed by atoms with van der Waals surface area (Å²) in [6.07, 6.45) is 1.85. The van der Waals surface area contributed by atoms with Gasteiger partial charge in [-0.15, -0.1) is 0 Å². The maximum atomic E-state index is 12.6. The Morgan fingerprint density at radius 1 is 1.41 bits per heavy atom. The van der Waals surface area contributed by atoms with Crippen LogP contribution >= 0.6 is 0 Å². The average Bonchev–Trinajstić information content (AvgIpc) is 3.01. The van der Waals surface area contributed by atoms with Gasteiger partial charge in [0, 0.05) is 18.7 Å². The normalized spacial score (nSPS) is 18.0. The molecule has 1 aliphatic heterocycles. The van der Waals surface area contributed by atoms with Gasteiger partial charge in [-0.1, -0.05) is 5.16 Å². The van der Waals surface area contributed by atoms with Gasteiger partial charge in [0.05, 0.1) is 17.6 Å². The molecule has 2 heterocycles. The smallest absolute Gasteiger partial charge is 0.253 e. The Morgan fingerprint density at radius 3 is 2.82 bits per heavy atom. The summed E-state index contributed by atoms with van der Waals surface area (Å²) >= 11 is 0. The summed E-state index contributed by atoms with van der Waals surface area (Å²) in [5.41, 5.74) is 1.15. The molecule has 0 aliphatic carbocycles. The van der Waals surface area contributed by atoms with Crippen molar-refractivity contribution in [3.63, 3.8) is 0 Å². The summed E-state index contributed by atoms with van der Waals surface area (Å²) in [7, 11) is 0. The Morgan fingerprint density at radius 2 is 2.18 bits per heavy atom. The van der Waals surface area contributed by atoms with E-state index in [9.17, 15) is 4.79 Å². The highest BCUT2D eigenvalue weighted by molar-refractivity contribution is 5.94. The van der Waals surface area contributed by atoms with E-state index >= 15 is 0 Å². The third kappa shape index (κ3) is 2.84. The number of likely N-dealkylation sites (tertiary alicyclic amines) is 1. The maximum Gasteiger partial charge on any atom is 0.253 e. The van der Waals surface area contributed by atoms with Crippen LogP contribution in [0.3, 0.4) is 0 Å². The van der Waals surface area contributed by atoms with Crippen LogP contribution < -0.4 is 0 Å². The fraction of sp³-hybridized carbons (Fsp3) is 0.375. The molecule has 0 spiro atoms. The van der Waals surface area contributed by atoms with E-state index in [4.69, 9.17) is 9.78 Å². The first kappa shape index (κ1) is 14.3. The number of amides is 1. The molecular weight excluding hydrogens is 280 g/mol. The monoisotopic (exact) mass is 296 g/mol. The number of hydrogen-bond acceptors (Lipinski definition) is 5. The Bertz CT molecular complexity index is 714. The molecule has 2 aromatic rings. The van der Waals surface area contributed by atoms with Crippen molar-refractivity contribution < 1.29 is 9.32 Å². The number of nitriles is 1. The van der Waals surface area contributed by atoms with Gasteiger partial charge in [-0.2, -0.15) is 10.2 Å². The average molecular weight is 296 g/mol. The van der Waals surface area contributed by atoms with Crippen molar-refractivity contribution in [2.24, 2.45) is 0 Å². The van der Waals surface area contributed by atoms with Gasteiger partial charge in [0.2, 0.25) is 5.89 Å². The molecule has 1 fully saturated rings. The molecule has 1 unspecified atom stereocenters. The summed E-state index contributed by atoms with van der Waals surface area (Å²) in [4.78, 5) is 18.6. The largest absolute Gasteiger partial charge is 0.339 e. The summed E-state index contributed by atoms with van der Waals surface area (Å²) in [6.45, 7) is 3.10. The lowest BCUT2D eigenvalue weighted by atomic mass is 9.97. The zero-order chi connectivity index (χ0) is 15.5. The molecule has 0 N–H and O–H groups in total. The minimum absolute atomic E-state index is 0.0228. The zero-order valence-electron chi connectivity index (χ0n) is 12.3. The molecule has 1 aliphatic rings. The lowest BCUT2D eigenvalue weighted by molar-refractivity contribution is 0.0695. The van der Waals surface area contributed by atoms with E-state index < -0.39 is 0 Å². The van der Waals surface area contributed by atoms with Crippen molar-refractivity contribution in [3.8, 4) is 6.07 Å². The highest BCUT2D eigenvalue weighted by atomic mass is 16.5. The number of nitrogens with zero attached hydrogens (tertiary/aromatic N) is 4. The molecule has 1 aromatic heterocycles. The van der Waals surface area contributed by atoms with Crippen LogP contribution in [-0.4, -0.2) is 34.0 Å². The van der Waals surface area contributed by atoms with Gasteiger partial charge in [-0.25, -0.2) is 0 Å². The summed E-state index contributed by atoms with van der Waals surface area (Å²) < 4.78 is 5.23. The summed E-state index contributed by atoms with van der Waals surface area (Å²) in [5, 5.41) is 12.6. The van der Waals surface area contributed by atoms with E-state index in [1.807, 2.05) is 4.90 Å². The number of piperidine rings is 1. The molecule has 22 heavy (non-hydrogen) atoms. The number of aromatic nitrogens is 2. The van der Waals surface area contributed by atoms with Crippen molar-refractivity contribution in [1.82, 2.24) is 15.0 Å². The molecule has 112 valence electrons. The van der Waals surface area contributed by atoms with Crippen LogP contribution in [0.1, 0.15) is 46.4 Å². The van der Waals surface area contributed by atoms with Crippen molar-refractivity contribution >= 4 is 5.91 Å². The highest BCUT2D eigenvalue weighted by Gasteiger charge is 2.28. The number of carbonyl (C=O) groups excluding carboxylic acids is 1. The van der Waals surface area contributed by atoms with E-state index in [0.29, 0.717) is 29.4 Å².